The van der Waals surface area contributed by atoms with Crippen molar-refractivity contribution < 1.29 is 9.53 Å². The van der Waals surface area contributed by atoms with Gasteiger partial charge in [-0.2, -0.15) is 5.10 Å². The fourth-order valence-corrected chi connectivity index (χ4v) is 3.70. The van der Waals surface area contributed by atoms with E-state index in [-0.39, 0.29) is 11.9 Å². The van der Waals surface area contributed by atoms with Gasteiger partial charge in [0.05, 0.1) is 12.2 Å². The first-order valence-corrected chi connectivity index (χ1v) is 9.10. The van der Waals surface area contributed by atoms with E-state index in [0.29, 0.717) is 11.2 Å². The summed E-state index contributed by atoms with van der Waals surface area (Å²) in [6, 6.07) is 17.1. The van der Waals surface area contributed by atoms with E-state index in [4.69, 9.17) is 4.74 Å². The zero-order valence-corrected chi connectivity index (χ0v) is 15.5. The zero-order valence-electron chi connectivity index (χ0n) is 15.5. The third kappa shape index (κ3) is 2.53. The Morgan fingerprint density at radius 3 is 2.36 bits per heavy atom. The van der Waals surface area contributed by atoms with E-state index in [2.05, 4.69) is 15.4 Å². The van der Waals surface area contributed by atoms with Gasteiger partial charge in [-0.05, 0) is 32.0 Å². The van der Waals surface area contributed by atoms with Crippen molar-refractivity contribution >= 4 is 11.6 Å². The molecule has 28 heavy (non-hydrogen) atoms. The lowest BCUT2D eigenvalue weighted by molar-refractivity contribution is 0.0943. The van der Waals surface area contributed by atoms with Gasteiger partial charge in [0.1, 0.15) is 17.1 Å². The summed E-state index contributed by atoms with van der Waals surface area (Å²) in [5.74, 6) is 1.27. The van der Waals surface area contributed by atoms with Crippen molar-refractivity contribution in [3.05, 3.63) is 88.9 Å². The molecule has 0 spiro atoms. The van der Waals surface area contributed by atoms with Gasteiger partial charge >= 0.3 is 0 Å². The van der Waals surface area contributed by atoms with Crippen molar-refractivity contribution in [1.82, 2.24) is 19.9 Å². The van der Waals surface area contributed by atoms with Crippen molar-refractivity contribution in [2.75, 3.05) is 0 Å². The number of nitrogens with one attached hydrogen (secondary N) is 1. The number of hydrogen-bond acceptors (Lipinski definition) is 4. The molecule has 0 unspecified atom stereocenters. The average molecular weight is 370 g/mol. The van der Waals surface area contributed by atoms with Gasteiger partial charge in [0.25, 0.3) is 5.91 Å². The van der Waals surface area contributed by atoms with Crippen LogP contribution in [0.15, 0.2) is 60.8 Å². The van der Waals surface area contributed by atoms with Crippen molar-refractivity contribution in [2.24, 2.45) is 0 Å². The molecule has 3 heterocycles. The monoisotopic (exact) mass is 370 g/mol. The summed E-state index contributed by atoms with van der Waals surface area (Å²) in [5, 5.41) is 7.48. The molecule has 2 aromatic carbocycles. The summed E-state index contributed by atoms with van der Waals surface area (Å²) in [5.41, 5.74) is 4.64. The van der Waals surface area contributed by atoms with Crippen molar-refractivity contribution in [3.8, 4) is 11.5 Å². The van der Waals surface area contributed by atoms with Crippen LogP contribution in [-0.2, 0) is 0 Å². The minimum atomic E-state index is -0.311. The number of amides is 1. The second-order valence-corrected chi connectivity index (χ2v) is 6.92. The van der Waals surface area contributed by atoms with Crippen LogP contribution in [0.5, 0.6) is 11.5 Å². The molecular formula is C22H18N4O2. The average Bonchev–Trinajstić information content (AvgIpc) is 3.12. The number of carbonyl (C=O) groups is 1. The van der Waals surface area contributed by atoms with Crippen LogP contribution in [0.3, 0.4) is 0 Å². The van der Waals surface area contributed by atoms with Gasteiger partial charge in [0.15, 0.2) is 5.65 Å². The Morgan fingerprint density at radius 2 is 1.68 bits per heavy atom. The van der Waals surface area contributed by atoms with E-state index >= 15 is 0 Å². The van der Waals surface area contributed by atoms with Crippen molar-refractivity contribution in [2.45, 2.75) is 19.9 Å². The highest BCUT2D eigenvalue weighted by Gasteiger charge is 2.29. The van der Waals surface area contributed by atoms with E-state index in [0.717, 1.165) is 34.0 Å². The molecule has 0 saturated carbocycles. The number of fused-ring (bicyclic) bond motifs is 3. The molecule has 0 radical (unpaired) electrons. The topological polar surface area (TPSA) is 68.5 Å². The first-order chi connectivity index (χ1) is 13.6. The van der Waals surface area contributed by atoms with Gasteiger partial charge in [-0.25, -0.2) is 9.50 Å². The summed E-state index contributed by atoms with van der Waals surface area (Å²) >= 11 is 0. The molecule has 6 nitrogen and oxygen atoms in total. The lowest BCUT2D eigenvalue weighted by Crippen LogP contribution is -2.31. The third-order valence-corrected chi connectivity index (χ3v) is 4.98. The molecular weight excluding hydrogens is 352 g/mol. The molecule has 5 rings (SSSR count). The maximum absolute atomic E-state index is 13.2. The number of nitrogens with zero attached hydrogens (tertiary/aromatic N) is 3. The first kappa shape index (κ1) is 16.5. The Bertz CT molecular complexity index is 1180. The molecule has 0 aliphatic carbocycles. The lowest BCUT2D eigenvalue weighted by atomic mass is 9.94. The molecule has 1 amide bonds. The molecule has 0 bridgehead atoms. The van der Waals surface area contributed by atoms with E-state index in [1.807, 2.05) is 68.4 Å². The number of aryl methyl sites for hydroxylation is 2. The summed E-state index contributed by atoms with van der Waals surface area (Å²) in [7, 11) is 0. The molecule has 138 valence electrons. The van der Waals surface area contributed by atoms with E-state index in [1.165, 1.54) is 0 Å². The number of benzene rings is 2. The minimum Gasteiger partial charge on any atom is -0.457 e. The van der Waals surface area contributed by atoms with Gasteiger partial charge < -0.3 is 10.1 Å². The van der Waals surface area contributed by atoms with E-state index < -0.39 is 0 Å². The Balaban J connectivity index is 1.58. The van der Waals surface area contributed by atoms with E-state index in [9.17, 15) is 4.79 Å². The molecule has 0 saturated heterocycles. The number of rotatable bonds is 2. The van der Waals surface area contributed by atoms with Crippen LogP contribution in [0, 0.1) is 13.8 Å². The first-order valence-electron chi connectivity index (χ1n) is 9.10. The smallest absolute Gasteiger partial charge is 0.257 e. The Morgan fingerprint density at radius 1 is 1.04 bits per heavy atom. The second kappa shape index (κ2) is 6.20. The summed E-state index contributed by atoms with van der Waals surface area (Å²) in [6.07, 6.45) is 1.57. The van der Waals surface area contributed by atoms with Gasteiger partial charge in [-0.1, -0.05) is 36.4 Å². The van der Waals surface area contributed by atoms with Crippen LogP contribution in [0.1, 0.15) is 38.9 Å². The lowest BCUT2D eigenvalue weighted by Gasteiger charge is -2.28. The Kier molecular flexibility index (Phi) is 3.65. The molecule has 1 aliphatic heterocycles. The molecule has 6 heteroatoms. The highest BCUT2D eigenvalue weighted by atomic mass is 16.5. The Hall–Kier alpha value is -3.67. The minimum absolute atomic E-state index is 0.219. The molecule has 2 aromatic heterocycles. The fourth-order valence-electron chi connectivity index (χ4n) is 3.70. The highest BCUT2D eigenvalue weighted by Crippen LogP contribution is 2.42. The quantitative estimate of drug-likeness (QED) is 0.580. The van der Waals surface area contributed by atoms with Crippen LogP contribution in [-0.4, -0.2) is 20.5 Å². The normalized spacial score (nSPS) is 12.9. The maximum atomic E-state index is 13.2. The summed E-state index contributed by atoms with van der Waals surface area (Å²) < 4.78 is 7.69. The molecule has 4 aromatic rings. The summed E-state index contributed by atoms with van der Waals surface area (Å²) in [6.45, 7) is 3.86. The third-order valence-electron chi connectivity index (χ3n) is 4.98. The predicted octanol–water partition coefficient (Wildman–Crippen LogP) is 3.97. The van der Waals surface area contributed by atoms with Gasteiger partial charge in [0.2, 0.25) is 0 Å². The SMILES string of the molecule is Cc1cc(C)n2ncc(C(=O)NC3c4ccccc4Oc4ccccc43)c2n1. The van der Waals surface area contributed by atoms with Gasteiger partial charge in [0, 0.05) is 22.5 Å². The van der Waals surface area contributed by atoms with Crippen LogP contribution in [0.25, 0.3) is 5.65 Å². The van der Waals surface area contributed by atoms with Crippen LogP contribution >= 0.6 is 0 Å². The largest absolute Gasteiger partial charge is 0.457 e. The number of para-hydroxylation sites is 2. The second-order valence-electron chi connectivity index (χ2n) is 6.92. The zero-order chi connectivity index (χ0) is 19.3. The van der Waals surface area contributed by atoms with Gasteiger partial charge in [-0.3, -0.25) is 4.79 Å². The van der Waals surface area contributed by atoms with E-state index in [1.54, 1.807) is 10.7 Å². The van der Waals surface area contributed by atoms with Crippen LogP contribution in [0.2, 0.25) is 0 Å². The number of carbonyl (C=O) groups excluding carboxylic acids is 1. The molecule has 0 fully saturated rings. The number of aromatic nitrogens is 3. The Labute approximate surface area is 161 Å². The number of hydrogen-bond donors (Lipinski definition) is 1. The van der Waals surface area contributed by atoms with Crippen molar-refractivity contribution in [3.63, 3.8) is 0 Å². The molecule has 1 aliphatic rings. The van der Waals surface area contributed by atoms with Crippen LogP contribution in [0.4, 0.5) is 0 Å². The molecule has 0 atom stereocenters. The standard InChI is InChI=1S/C22H18N4O2/c1-13-11-14(2)26-21(24-13)17(12-23-26)22(27)25-20-15-7-3-5-9-18(15)28-19-10-6-4-8-16(19)20/h3-12,20H,1-2H3,(H,25,27). The maximum Gasteiger partial charge on any atom is 0.257 e. The van der Waals surface area contributed by atoms with Crippen molar-refractivity contribution in [1.29, 1.82) is 0 Å². The summed E-state index contributed by atoms with van der Waals surface area (Å²) in [4.78, 5) is 17.7. The molecule has 1 N–H and O–H groups in total. The van der Waals surface area contributed by atoms with Gasteiger partial charge in [-0.15, -0.1) is 0 Å². The number of ether oxygens (including phenoxy) is 1. The fraction of sp³-hybridized carbons (Fsp3) is 0.136. The van der Waals surface area contributed by atoms with Crippen LogP contribution < -0.4 is 10.1 Å². The predicted molar refractivity (Wildman–Crippen MR) is 105 cm³/mol. The highest BCUT2D eigenvalue weighted by molar-refractivity contribution is 6.00.